The summed E-state index contributed by atoms with van der Waals surface area (Å²) in [5.74, 6) is 0.976. The molecule has 1 aromatic rings. The van der Waals surface area contributed by atoms with Crippen LogP contribution in [0.4, 0.5) is 0 Å². The van der Waals surface area contributed by atoms with E-state index in [9.17, 15) is 0 Å². The van der Waals surface area contributed by atoms with E-state index in [4.69, 9.17) is 9.47 Å². The highest BCUT2D eigenvalue weighted by Crippen LogP contribution is 2.26. The van der Waals surface area contributed by atoms with Crippen LogP contribution in [0.25, 0.3) is 0 Å². The number of morpholine rings is 1. The Morgan fingerprint density at radius 2 is 2.00 bits per heavy atom. The summed E-state index contributed by atoms with van der Waals surface area (Å²) < 4.78 is 12.6. The molecule has 1 saturated heterocycles. The molecule has 1 aliphatic heterocycles. The van der Waals surface area contributed by atoms with Crippen molar-refractivity contribution in [3.63, 3.8) is 0 Å². The summed E-state index contributed by atoms with van der Waals surface area (Å²) in [6.45, 7) is 9.85. The molecule has 1 heterocycles. The Kier molecular flexibility index (Phi) is 5.25. The predicted octanol–water partition coefficient (Wildman–Crippen LogP) is 3.46. The van der Waals surface area contributed by atoms with Crippen LogP contribution < -0.4 is 4.74 Å². The van der Waals surface area contributed by atoms with Crippen LogP contribution >= 0.6 is 15.9 Å². The van der Waals surface area contributed by atoms with Crippen LogP contribution in [0.3, 0.4) is 0 Å². The van der Waals surface area contributed by atoms with Gasteiger partial charge in [0.25, 0.3) is 0 Å². The van der Waals surface area contributed by atoms with Crippen LogP contribution in [-0.4, -0.2) is 36.8 Å². The quantitative estimate of drug-likeness (QED) is 0.845. The molecular formula is C15H22BrNO2. The molecule has 1 aliphatic rings. The molecule has 106 valence electrons. The number of halogens is 1. The first-order valence-electron chi connectivity index (χ1n) is 6.87. The highest BCUT2D eigenvalue weighted by molar-refractivity contribution is 9.10. The van der Waals surface area contributed by atoms with Gasteiger partial charge in [-0.25, -0.2) is 0 Å². The van der Waals surface area contributed by atoms with E-state index < -0.39 is 0 Å². The van der Waals surface area contributed by atoms with E-state index in [0.717, 1.165) is 29.9 Å². The van der Waals surface area contributed by atoms with Gasteiger partial charge in [0.2, 0.25) is 0 Å². The molecule has 0 saturated carbocycles. The largest absolute Gasteiger partial charge is 0.494 e. The summed E-state index contributed by atoms with van der Waals surface area (Å²) in [6.07, 6.45) is 0.601. The summed E-state index contributed by atoms with van der Waals surface area (Å²) in [4.78, 5) is 2.44. The predicted molar refractivity (Wildman–Crippen MR) is 80.6 cm³/mol. The average molecular weight is 328 g/mol. The average Bonchev–Trinajstić information content (AvgIpc) is 2.32. The standard InChI is InChI=1S/C15H22BrNO2/c1-4-18-15-7-14(16)6-5-13(15)10-17-8-11(2)19-12(3)9-17/h5-7,11-12H,4,8-10H2,1-3H3/t11-,12+. The van der Waals surface area contributed by atoms with Gasteiger partial charge in [0.05, 0.1) is 18.8 Å². The Hall–Kier alpha value is -0.580. The van der Waals surface area contributed by atoms with E-state index in [-0.39, 0.29) is 0 Å². The Morgan fingerprint density at radius 1 is 1.32 bits per heavy atom. The van der Waals surface area contributed by atoms with E-state index in [1.54, 1.807) is 0 Å². The van der Waals surface area contributed by atoms with Crippen LogP contribution in [0.2, 0.25) is 0 Å². The summed E-state index contributed by atoms with van der Waals surface area (Å²) in [7, 11) is 0. The molecule has 19 heavy (non-hydrogen) atoms. The van der Waals surface area contributed by atoms with Gasteiger partial charge in [0.15, 0.2) is 0 Å². The normalized spacial score (nSPS) is 24.4. The van der Waals surface area contributed by atoms with Crippen molar-refractivity contribution in [1.29, 1.82) is 0 Å². The Balaban J connectivity index is 2.09. The van der Waals surface area contributed by atoms with Crippen LogP contribution in [0.1, 0.15) is 26.3 Å². The zero-order chi connectivity index (χ0) is 13.8. The summed E-state index contributed by atoms with van der Waals surface area (Å²) in [6, 6.07) is 6.26. The smallest absolute Gasteiger partial charge is 0.124 e. The number of nitrogens with zero attached hydrogens (tertiary/aromatic N) is 1. The Morgan fingerprint density at radius 3 is 2.63 bits per heavy atom. The second-order valence-electron chi connectivity index (χ2n) is 5.14. The van der Waals surface area contributed by atoms with Gasteiger partial charge < -0.3 is 9.47 Å². The van der Waals surface area contributed by atoms with Gasteiger partial charge in [0, 0.05) is 29.7 Å². The van der Waals surface area contributed by atoms with Crippen molar-refractivity contribution in [1.82, 2.24) is 4.90 Å². The highest BCUT2D eigenvalue weighted by atomic mass is 79.9. The minimum Gasteiger partial charge on any atom is -0.494 e. The third kappa shape index (κ3) is 4.20. The van der Waals surface area contributed by atoms with Gasteiger partial charge in [-0.2, -0.15) is 0 Å². The second kappa shape index (κ2) is 6.73. The third-order valence-corrected chi connectivity index (χ3v) is 3.71. The SMILES string of the molecule is CCOc1cc(Br)ccc1CN1C[C@@H](C)O[C@@H](C)C1. The summed E-state index contributed by atoms with van der Waals surface area (Å²) in [5, 5.41) is 0. The van der Waals surface area contributed by atoms with Gasteiger partial charge in [-0.05, 0) is 32.9 Å². The van der Waals surface area contributed by atoms with Crippen LogP contribution in [0, 0.1) is 0 Å². The first kappa shape index (κ1) is 14.8. The number of ether oxygens (including phenoxy) is 2. The molecule has 0 amide bonds. The first-order valence-corrected chi connectivity index (χ1v) is 7.66. The minimum absolute atomic E-state index is 0.301. The molecule has 0 N–H and O–H groups in total. The molecule has 3 nitrogen and oxygen atoms in total. The van der Waals surface area contributed by atoms with E-state index >= 15 is 0 Å². The van der Waals surface area contributed by atoms with E-state index in [1.165, 1.54) is 5.56 Å². The van der Waals surface area contributed by atoms with Crippen molar-refractivity contribution in [2.24, 2.45) is 0 Å². The summed E-state index contributed by atoms with van der Waals surface area (Å²) >= 11 is 3.50. The molecule has 1 aromatic carbocycles. The molecule has 1 fully saturated rings. The van der Waals surface area contributed by atoms with Crippen molar-refractivity contribution in [2.45, 2.75) is 39.5 Å². The molecule has 2 atom stereocenters. The van der Waals surface area contributed by atoms with Crippen molar-refractivity contribution in [3.05, 3.63) is 28.2 Å². The van der Waals surface area contributed by atoms with Gasteiger partial charge in [-0.3, -0.25) is 4.90 Å². The summed E-state index contributed by atoms with van der Waals surface area (Å²) in [5.41, 5.74) is 1.24. The number of hydrogen-bond donors (Lipinski definition) is 0. The van der Waals surface area contributed by atoms with Crippen molar-refractivity contribution < 1.29 is 9.47 Å². The van der Waals surface area contributed by atoms with Gasteiger partial charge in [0.1, 0.15) is 5.75 Å². The molecular weight excluding hydrogens is 306 g/mol. The highest BCUT2D eigenvalue weighted by Gasteiger charge is 2.22. The number of benzene rings is 1. The molecule has 0 aliphatic carbocycles. The van der Waals surface area contributed by atoms with E-state index in [1.807, 2.05) is 13.0 Å². The zero-order valence-corrected chi connectivity index (χ0v) is 13.4. The lowest BCUT2D eigenvalue weighted by atomic mass is 10.1. The van der Waals surface area contributed by atoms with Crippen molar-refractivity contribution >= 4 is 15.9 Å². The van der Waals surface area contributed by atoms with Crippen LogP contribution in [-0.2, 0) is 11.3 Å². The number of hydrogen-bond acceptors (Lipinski definition) is 3. The van der Waals surface area contributed by atoms with Crippen LogP contribution in [0.15, 0.2) is 22.7 Å². The fourth-order valence-corrected chi connectivity index (χ4v) is 2.94. The Labute approximate surface area is 124 Å². The lowest BCUT2D eigenvalue weighted by molar-refractivity contribution is -0.0706. The lowest BCUT2D eigenvalue weighted by Gasteiger charge is -2.35. The molecule has 0 aromatic heterocycles. The van der Waals surface area contributed by atoms with Gasteiger partial charge in [-0.1, -0.05) is 22.0 Å². The molecule has 4 heteroatoms. The molecule has 0 radical (unpaired) electrons. The van der Waals surface area contributed by atoms with Gasteiger partial charge in [-0.15, -0.1) is 0 Å². The second-order valence-corrected chi connectivity index (χ2v) is 6.05. The van der Waals surface area contributed by atoms with Crippen LogP contribution in [0.5, 0.6) is 5.75 Å². The molecule has 2 rings (SSSR count). The maximum Gasteiger partial charge on any atom is 0.124 e. The maximum atomic E-state index is 5.77. The van der Waals surface area contributed by atoms with Gasteiger partial charge >= 0.3 is 0 Å². The third-order valence-electron chi connectivity index (χ3n) is 3.22. The first-order chi connectivity index (χ1) is 9.08. The lowest BCUT2D eigenvalue weighted by Crippen LogP contribution is -2.44. The topological polar surface area (TPSA) is 21.7 Å². The van der Waals surface area contributed by atoms with E-state index in [2.05, 4.69) is 46.8 Å². The molecule has 0 spiro atoms. The molecule has 0 unspecified atom stereocenters. The zero-order valence-electron chi connectivity index (χ0n) is 11.9. The monoisotopic (exact) mass is 327 g/mol. The Bertz CT molecular complexity index is 415. The molecule has 0 bridgehead atoms. The van der Waals surface area contributed by atoms with Crippen molar-refractivity contribution in [2.75, 3.05) is 19.7 Å². The van der Waals surface area contributed by atoms with Crippen molar-refractivity contribution in [3.8, 4) is 5.75 Å². The minimum atomic E-state index is 0.301. The van der Waals surface area contributed by atoms with E-state index in [0.29, 0.717) is 18.8 Å². The fraction of sp³-hybridized carbons (Fsp3) is 0.600. The number of rotatable bonds is 4. The maximum absolute atomic E-state index is 5.77. The fourth-order valence-electron chi connectivity index (χ4n) is 2.60.